The Morgan fingerprint density at radius 3 is 2.67 bits per heavy atom. The maximum Gasteiger partial charge on any atom is 0.124 e. The Balaban J connectivity index is 2.41. The Morgan fingerprint density at radius 1 is 1.33 bits per heavy atom. The molecular formula is C13H13ClFN3. The monoisotopic (exact) mass is 265 g/mol. The summed E-state index contributed by atoms with van der Waals surface area (Å²) in [7, 11) is 0. The average molecular weight is 266 g/mol. The maximum atomic E-state index is 13.0. The van der Waals surface area contributed by atoms with E-state index in [1.807, 2.05) is 19.1 Å². The fraction of sp³-hybridized carbons (Fsp3) is 0.154. The van der Waals surface area contributed by atoms with Crippen molar-refractivity contribution in [2.75, 3.05) is 0 Å². The Labute approximate surface area is 110 Å². The number of benzene rings is 1. The minimum Gasteiger partial charge on any atom is -0.271 e. The lowest BCUT2D eigenvalue weighted by atomic mass is 10.0. The van der Waals surface area contributed by atoms with Crippen LogP contribution in [-0.4, -0.2) is 4.98 Å². The van der Waals surface area contributed by atoms with Gasteiger partial charge in [-0.3, -0.25) is 10.8 Å². The minimum absolute atomic E-state index is 0.314. The van der Waals surface area contributed by atoms with Crippen molar-refractivity contribution in [2.45, 2.75) is 13.0 Å². The molecule has 1 heterocycles. The zero-order valence-corrected chi connectivity index (χ0v) is 10.6. The molecule has 0 bridgehead atoms. The van der Waals surface area contributed by atoms with E-state index in [1.54, 1.807) is 12.3 Å². The first-order chi connectivity index (χ1) is 8.61. The molecule has 0 radical (unpaired) electrons. The number of nitrogens with one attached hydrogen (secondary N) is 1. The van der Waals surface area contributed by atoms with E-state index in [0.29, 0.717) is 10.6 Å². The molecule has 94 valence electrons. The quantitative estimate of drug-likeness (QED) is 0.663. The SMILES string of the molecule is Cc1ccc(C(NN)c2ccc(F)cc2Cl)cn1. The van der Waals surface area contributed by atoms with Gasteiger partial charge in [0.1, 0.15) is 5.82 Å². The normalized spacial score (nSPS) is 12.4. The fourth-order valence-electron chi connectivity index (χ4n) is 1.75. The van der Waals surface area contributed by atoms with E-state index in [9.17, 15) is 4.39 Å². The van der Waals surface area contributed by atoms with Crippen LogP contribution in [0.5, 0.6) is 0 Å². The van der Waals surface area contributed by atoms with Crippen LogP contribution < -0.4 is 11.3 Å². The van der Waals surface area contributed by atoms with Crippen LogP contribution in [0.2, 0.25) is 5.02 Å². The van der Waals surface area contributed by atoms with Crippen LogP contribution in [0.15, 0.2) is 36.5 Å². The zero-order valence-electron chi connectivity index (χ0n) is 9.82. The van der Waals surface area contributed by atoms with E-state index in [2.05, 4.69) is 10.4 Å². The van der Waals surface area contributed by atoms with Gasteiger partial charge in [-0.2, -0.15) is 0 Å². The average Bonchev–Trinajstić information content (AvgIpc) is 2.35. The summed E-state index contributed by atoms with van der Waals surface area (Å²) in [5, 5.41) is 0.332. The van der Waals surface area contributed by atoms with Crippen LogP contribution in [0.1, 0.15) is 22.9 Å². The number of pyridine rings is 1. The van der Waals surface area contributed by atoms with Crippen LogP contribution in [0.3, 0.4) is 0 Å². The van der Waals surface area contributed by atoms with E-state index in [4.69, 9.17) is 17.4 Å². The largest absolute Gasteiger partial charge is 0.271 e. The highest BCUT2D eigenvalue weighted by atomic mass is 35.5. The fourth-order valence-corrected chi connectivity index (χ4v) is 2.03. The smallest absolute Gasteiger partial charge is 0.124 e. The molecule has 0 fully saturated rings. The first-order valence-corrected chi connectivity index (χ1v) is 5.83. The number of hydrogen-bond donors (Lipinski definition) is 2. The molecule has 0 aliphatic rings. The summed E-state index contributed by atoms with van der Waals surface area (Å²) < 4.78 is 13.0. The van der Waals surface area contributed by atoms with Crippen LogP contribution in [0.25, 0.3) is 0 Å². The second-order valence-corrected chi connectivity index (χ2v) is 4.41. The molecule has 0 aliphatic carbocycles. The third-order valence-corrected chi connectivity index (χ3v) is 3.04. The molecule has 1 aromatic heterocycles. The van der Waals surface area contributed by atoms with Crippen molar-refractivity contribution >= 4 is 11.6 Å². The van der Waals surface area contributed by atoms with Gasteiger partial charge in [-0.05, 0) is 36.2 Å². The Kier molecular flexibility index (Phi) is 3.91. The van der Waals surface area contributed by atoms with E-state index in [-0.39, 0.29) is 11.9 Å². The topological polar surface area (TPSA) is 50.9 Å². The third kappa shape index (κ3) is 2.67. The van der Waals surface area contributed by atoms with E-state index >= 15 is 0 Å². The minimum atomic E-state index is -0.374. The summed E-state index contributed by atoms with van der Waals surface area (Å²) >= 11 is 6.03. The molecule has 1 aromatic carbocycles. The predicted molar refractivity (Wildman–Crippen MR) is 69.6 cm³/mol. The van der Waals surface area contributed by atoms with Gasteiger partial charge in [-0.15, -0.1) is 0 Å². The molecule has 0 aliphatic heterocycles. The van der Waals surface area contributed by atoms with Gasteiger partial charge in [-0.1, -0.05) is 23.7 Å². The third-order valence-electron chi connectivity index (χ3n) is 2.71. The molecule has 5 heteroatoms. The molecule has 2 aromatic rings. The van der Waals surface area contributed by atoms with Crippen molar-refractivity contribution < 1.29 is 4.39 Å². The molecule has 2 rings (SSSR count). The number of halogens is 2. The highest BCUT2D eigenvalue weighted by molar-refractivity contribution is 6.31. The maximum absolute atomic E-state index is 13.0. The van der Waals surface area contributed by atoms with E-state index < -0.39 is 0 Å². The molecule has 0 saturated heterocycles. The van der Waals surface area contributed by atoms with Crippen molar-refractivity contribution in [1.82, 2.24) is 10.4 Å². The van der Waals surface area contributed by atoms with E-state index in [1.165, 1.54) is 12.1 Å². The summed E-state index contributed by atoms with van der Waals surface area (Å²) in [6.45, 7) is 1.90. The summed E-state index contributed by atoms with van der Waals surface area (Å²) in [4.78, 5) is 4.21. The van der Waals surface area contributed by atoms with Gasteiger partial charge in [0.05, 0.1) is 6.04 Å². The molecule has 1 unspecified atom stereocenters. The van der Waals surface area contributed by atoms with E-state index in [0.717, 1.165) is 11.3 Å². The number of hydrogen-bond acceptors (Lipinski definition) is 3. The summed E-state index contributed by atoms with van der Waals surface area (Å²) in [6.07, 6.45) is 1.72. The van der Waals surface area contributed by atoms with Crippen molar-refractivity contribution in [3.8, 4) is 0 Å². The molecule has 1 atom stereocenters. The lowest BCUT2D eigenvalue weighted by Gasteiger charge is -2.18. The summed E-state index contributed by atoms with van der Waals surface area (Å²) in [5.41, 5.74) is 5.17. The number of aryl methyl sites for hydroxylation is 1. The van der Waals surface area contributed by atoms with Gasteiger partial charge >= 0.3 is 0 Å². The van der Waals surface area contributed by atoms with Gasteiger partial charge in [0.2, 0.25) is 0 Å². The zero-order chi connectivity index (χ0) is 13.1. The molecule has 0 amide bonds. The van der Waals surface area contributed by atoms with Crippen molar-refractivity contribution in [1.29, 1.82) is 0 Å². The van der Waals surface area contributed by atoms with Gasteiger partial charge in [0.25, 0.3) is 0 Å². The molecule has 0 saturated carbocycles. The lowest BCUT2D eigenvalue weighted by molar-refractivity contribution is 0.615. The first kappa shape index (κ1) is 13.0. The van der Waals surface area contributed by atoms with Crippen LogP contribution in [0, 0.1) is 12.7 Å². The lowest BCUT2D eigenvalue weighted by Crippen LogP contribution is -2.29. The van der Waals surface area contributed by atoms with Crippen LogP contribution in [-0.2, 0) is 0 Å². The Morgan fingerprint density at radius 2 is 2.11 bits per heavy atom. The first-order valence-electron chi connectivity index (χ1n) is 5.45. The van der Waals surface area contributed by atoms with Crippen molar-refractivity contribution in [3.05, 3.63) is 64.2 Å². The van der Waals surface area contributed by atoms with Gasteiger partial charge in [-0.25, -0.2) is 9.82 Å². The van der Waals surface area contributed by atoms with Crippen molar-refractivity contribution in [2.24, 2.45) is 5.84 Å². The number of aromatic nitrogens is 1. The van der Waals surface area contributed by atoms with Gasteiger partial charge < -0.3 is 0 Å². The van der Waals surface area contributed by atoms with Crippen LogP contribution >= 0.6 is 11.6 Å². The molecular weight excluding hydrogens is 253 g/mol. The highest BCUT2D eigenvalue weighted by Gasteiger charge is 2.16. The molecule has 3 N–H and O–H groups in total. The predicted octanol–water partition coefficient (Wildman–Crippen LogP) is 2.74. The Hall–Kier alpha value is -1.49. The van der Waals surface area contributed by atoms with Crippen LogP contribution in [0.4, 0.5) is 4.39 Å². The Bertz CT molecular complexity index is 542. The number of rotatable bonds is 3. The second-order valence-electron chi connectivity index (χ2n) is 4.00. The second kappa shape index (κ2) is 5.44. The van der Waals surface area contributed by atoms with Gasteiger partial charge in [0.15, 0.2) is 0 Å². The summed E-state index contributed by atoms with van der Waals surface area (Å²) in [6, 6.07) is 7.72. The number of nitrogens with zero attached hydrogens (tertiary/aromatic N) is 1. The molecule has 18 heavy (non-hydrogen) atoms. The summed E-state index contributed by atoms with van der Waals surface area (Å²) in [5.74, 6) is 5.18. The number of nitrogens with two attached hydrogens (primary N) is 1. The molecule has 3 nitrogen and oxygen atoms in total. The number of hydrazine groups is 1. The standard InChI is InChI=1S/C13H13ClFN3/c1-8-2-3-9(7-17-8)13(18-16)11-5-4-10(15)6-12(11)14/h2-7,13,18H,16H2,1H3. The van der Waals surface area contributed by atoms with Crippen molar-refractivity contribution in [3.63, 3.8) is 0 Å². The van der Waals surface area contributed by atoms with Gasteiger partial charge in [0, 0.05) is 16.9 Å². The highest BCUT2D eigenvalue weighted by Crippen LogP contribution is 2.28. The molecule has 0 spiro atoms.